The fourth-order valence-corrected chi connectivity index (χ4v) is 2.93. The molecule has 2 aromatic carbocycles. The third-order valence-electron chi connectivity index (χ3n) is 4.50. The Morgan fingerprint density at radius 2 is 1.90 bits per heavy atom. The Balaban J connectivity index is 1.72. The van der Waals surface area contributed by atoms with Gasteiger partial charge in [-0.05, 0) is 43.2 Å². The first-order valence-corrected chi connectivity index (χ1v) is 9.20. The fraction of sp³-hybridized carbons (Fsp3) is 0.300. The molecule has 154 valence electrons. The Kier molecular flexibility index (Phi) is 6.02. The van der Waals surface area contributed by atoms with Crippen LogP contribution in [0.15, 0.2) is 42.5 Å². The van der Waals surface area contributed by atoms with Crippen LogP contribution < -0.4 is 10.1 Å². The lowest BCUT2D eigenvalue weighted by Crippen LogP contribution is -2.33. The second-order valence-corrected chi connectivity index (χ2v) is 7.07. The van der Waals surface area contributed by atoms with E-state index in [4.69, 9.17) is 16.3 Å². The summed E-state index contributed by atoms with van der Waals surface area (Å²) in [6.45, 7) is -0.240. The van der Waals surface area contributed by atoms with Gasteiger partial charge in [-0.15, -0.1) is 0 Å². The van der Waals surface area contributed by atoms with E-state index in [0.717, 1.165) is 25.0 Å². The second kappa shape index (κ2) is 8.32. The number of likely N-dealkylation sites (N-methyl/N-ethyl adjacent to an activating group) is 1. The van der Waals surface area contributed by atoms with Crippen LogP contribution in [-0.4, -0.2) is 36.4 Å². The zero-order valence-corrected chi connectivity index (χ0v) is 16.2. The van der Waals surface area contributed by atoms with Crippen molar-refractivity contribution in [2.45, 2.75) is 25.1 Å². The summed E-state index contributed by atoms with van der Waals surface area (Å²) in [5.41, 5.74) is -1.01. The number of ether oxygens (including phenoxy) is 1. The van der Waals surface area contributed by atoms with Gasteiger partial charge in [-0.2, -0.15) is 13.2 Å². The number of carbonyl (C=O) groups is 2. The highest BCUT2D eigenvalue weighted by molar-refractivity contribution is 6.31. The summed E-state index contributed by atoms with van der Waals surface area (Å²) in [6.07, 6.45) is -2.72. The lowest BCUT2D eigenvalue weighted by atomic mass is 10.1. The minimum atomic E-state index is -4.65. The normalized spacial score (nSPS) is 13.7. The molecular weight excluding hydrogens is 409 g/mol. The van der Waals surface area contributed by atoms with Crippen LogP contribution >= 0.6 is 11.6 Å². The molecule has 0 saturated heterocycles. The Labute approximate surface area is 170 Å². The summed E-state index contributed by atoms with van der Waals surface area (Å²) < 4.78 is 44.5. The largest absolute Gasteiger partial charge is 0.483 e. The summed E-state index contributed by atoms with van der Waals surface area (Å²) in [5, 5.41) is 1.94. The molecule has 1 fully saturated rings. The zero-order valence-electron chi connectivity index (χ0n) is 15.4. The molecule has 0 heterocycles. The minimum absolute atomic E-state index is 0.0638. The lowest BCUT2D eigenvalue weighted by molar-refractivity contribution is -0.137. The molecule has 29 heavy (non-hydrogen) atoms. The van der Waals surface area contributed by atoms with Gasteiger partial charge in [0.2, 0.25) is 0 Å². The third-order valence-corrected chi connectivity index (χ3v) is 4.83. The number of rotatable bonds is 6. The van der Waals surface area contributed by atoms with Crippen LogP contribution in [0.3, 0.4) is 0 Å². The number of hydrogen-bond donors (Lipinski definition) is 1. The van der Waals surface area contributed by atoms with E-state index in [-0.39, 0.29) is 35.6 Å². The van der Waals surface area contributed by atoms with Gasteiger partial charge in [-0.3, -0.25) is 9.59 Å². The number of halogens is 4. The van der Waals surface area contributed by atoms with Crippen molar-refractivity contribution < 1.29 is 27.5 Å². The van der Waals surface area contributed by atoms with Crippen molar-refractivity contribution in [2.75, 3.05) is 19.0 Å². The number of alkyl halides is 3. The first kappa shape index (κ1) is 21.0. The first-order chi connectivity index (χ1) is 13.7. The Morgan fingerprint density at radius 1 is 1.21 bits per heavy atom. The molecule has 1 aliphatic carbocycles. The van der Waals surface area contributed by atoms with Crippen molar-refractivity contribution in [3.05, 3.63) is 58.6 Å². The van der Waals surface area contributed by atoms with Crippen LogP contribution in [0.1, 0.15) is 28.8 Å². The average Bonchev–Trinajstić information content (AvgIpc) is 3.51. The molecule has 3 rings (SSSR count). The number of amides is 2. The molecule has 0 unspecified atom stereocenters. The van der Waals surface area contributed by atoms with Crippen LogP contribution in [0.2, 0.25) is 5.02 Å². The molecule has 0 bridgehead atoms. The quantitative estimate of drug-likeness (QED) is 0.733. The smallest absolute Gasteiger partial charge is 0.417 e. The van der Waals surface area contributed by atoms with Crippen LogP contribution in [-0.2, 0) is 11.0 Å². The highest BCUT2D eigenvalue weighted by atomic mass is 35.5. The molecular formula is C20H18ClF3N2O3. The molecule has 0 spiro atoms. The van der Waals surface area contributed by atoms with Gasteiger partial charge in [0.1, 0.15) is 5.75 Å². The highest BCUT2D eigenvalue weighted by Gasteiger charge is 2.33. The molecule has 1 aliphatic rings. The lowest BCUT2D eigenvalue weighted by Gasteiger charge is -2.17. The summed E-state index contributed by atoms with van der Waals surface area (Å²) in [5.74, 6) is -0.721. The number of nitrogens with one attached hydrogen (secondary N) is 1. The zero-order chi connectivity index (χ0) is 21.2. The van der Waals surface area contributed by atoms with Gasteiger partial charge in [-0.1, -0.05) is 23.7 Å². The van der Waals surface area contributed by atoms with E-state index in [2.05, 4.69) is 5.32 Å². The van der Waals surface area contributed by atoms with E-state index in [1.54, 1.807) is 24.1 Å². The predicted octanol–water partition coefficient (Wildman–Crippen LogP) is 4.61. The van der Waals surface area contributed by atoms with Gasteiger partial charge in [-0.25, -0.2) is 0 Å². The van der Waals surface area contributed by atoms with Gasteiger partial charge in [0.05, 0.1) is 16.1 Å². The number of hydrogen-bond acceptors (Lipinski definition) is 3. The number of benzene rings is 2. The minimum Gasteiger partial charge on any atom is -0.483 e. The molecule has 0 atom stereocenters. The van der Waals surface area contributed by atoms with Gasteiger partial charge in [0.15, 0.2) is 6.61 Å². The molecule has 0 aliphatic heterocycles. The Bertz CT molecular complexity index is 929. The van der Waals surface area contributed by atoms with Crippen molar-refractivity contribution in [3.8, 4) is 5.75 Å². The van der Waals surface area contributed by atoms with E-state index in [9.17, 15) is 22.8 Å². The Morgan fingerprint density at radius 3 is 2.55 bits per heavy atom. The fourth-order valence-electron chi connectivity index (χ4n) is 2.71. The number of para-hydroxylation sites is 1. The van der Waals surface area contributed by atoms with Crippen molar-refractivity contribution in [1.29, 1.82) is 0 Å². The molecule has 0 radical (unpaired) electrons. The van der Waals surface area contributed by atoms with Crippen molar-refractivity contribution in [2.24, 2.45) is 0 Å². The number of carbonyl (C=O) groups excluding carboxylic acids is 2. The summed E-state index contributed by atoms with van der Waals surface area (Å²) >= 11 is 5.59. The third kappa shape index (κ3) is 5.20. The molecule has 2 aromatic rings. The van der Waals surface area contributed by atoms with Gasteiger partial charge < -0.3 is 15.0 Å². The van der Waals surface area contributed by atoms with E-state index in [0.29, 0.717) is 0 Å². The molecule has 5 nitrogen and oxygen atoms in total. The van der Waals surface area contributed by atoms with E-state index < -0.39 is 22.7 Å². The maximum atomic E-state index is 13.0. The van der Waals surface area contributed by atoms with E-state index >= 15 is 0 Å². The van der Waals surface area contributed by atoms with Crippen molar-refractivity contribution in [1.82, 2.24) is 4.90 Å². The maximum Gasteiger partial charge on any atom is 0.417 e. The number of nitrogens with zero attached hydrogens (tertiary/aromatic N) is 1. The topological polar surface area (TPSA) is 58.6 Å². The van der Waals surface area contributed by atoms with Crippen LogP contribution in [0, 0.1) is 0 Å². The SMILES string of the molecule is CN(C(=O)COc1ccccc1C(=O)Nc1ccc(Cl)c(C(F)(F)F)c1)C1CC1. The number of anilines is 1. The van der Waals surface area contributed by atoms with Gasteiger partial charge in [0, 0.05) is 18.8 Å². The van der Waals surface area contributed by atoms with Crippen LogP contribution in [0.4, 0.5) is 18.9 Å². The van der Waals surface area contributed by atoms with E-state index in [1.165, 1.54) is 18.2 Å². The van der Waals surface area contributed by atoms with Gasteiger partial charge >= 0.3 is 6.18 Å². The van der Waals surface area contributed by atoms with E-state index in [1.807, 2.05) is 0 Å². The van der Waals surface area contributed by atoms with Gasteiger partial charge in [0.25, 0.3) is 11.8 Å². The monoisotopic (exact) mass is 426 g/mol. The van der Waals surface area contributed by atoms with Crippen LogP contribution in [0.5, 0.6) is 5.75 Å². The first-order valence-electron chi connectivity index (χ1n) is 8.82. The summed E-state index contributed by atoms with van der Waals surface area (Å²) in [6, 6.07) is 9.52. The Hall–Kier alpha value is -2.74. The molecule has 9 heteroatoms. The summed E-state index contributed by atoms with van der Waals surface area (Å²) in [4.78, 5) is 26.3. The van der Waals surface area contributed by atoms with Crippen molar-refractivity contribution >= 4 is 29.1 Å². The molecule has 1 N–H and O–H groups in total. The highest BCUT2D eigenvalue weighted by Crippen LogP contribution is 2.36. The molecule has 2 amide bonds. The van der Waals surface area contributed by atoms with Crippen molar-refractivity contribution in [3.63, 3.8) is 0 Å². The molecule has 0 aromatic heterocycles. The van der Waals surface area contributed by atoms with Crippen LogP contribution in [0.25, 0.3) is 0 Å². The standard InChI is InChI=1S/C20H18ClF3N2O3/c1-26(13-7-8-13)18(27)11-29-17-5-3-2-4-14(17)19(28)25-12-6-9-16(21)15(10-12)20(22,23)24/h2-6,9-10,13H,7-8,11H2,1H3,(H,25,28). The molecule has 1 saturated carbocycles. The maximum absolute atomic E-state index is 13.0. The summed E-state index contributed by atoms with van der Waals surface area (Å²) in [7, 11) is 1.70. The predicted molar refractivity (Wildman–Crippen MR) is 102 cm³/mol. The second-order valence-electron chi connectivity index (χ2n) is 6.67. The average molecular weight is 427 g/mol.